The van der Waals surface area contributed by atoms with E-state index in [1.165, 1.54) is 5.30 Å². The van der Waals surface area contributed by atoms with Crippen LogP contribution >= 0.6 is 9.24 Å². The molecular formula is C12H15P. The molecule has 0 saturated carbocycles. The normalized spacial score (nSPS) is 10.5. The lowest BCUT2D eigenvalue weighted by Gasteiger charge is -2.06. The topological polar surface area (TPSA) is 0 Å². The molecule has 1 aromatic carbocycles. The Hall–Kier alpha value is -0.790. The highest BCUT2D eigenvalue weighted by molar-refractivity contribution is 7.27. The molecule has 1 unspecified atom stereocenters. The van der Waals surface area contributed by atoms with Gasteiger partial charge in [0.15, 0.2) is 0 Å². The van der Waals surface area contributed by atoms with Crippen molar-refractivity contribution in [2.45, 2.75) is 20.8 Å². The van der Waals surface area contributed by atoms with Crippen molar-refractivity contribution >= 4 is 14.5 Å². The fourth-order valence-corrected chi connectivity index (χ4v) is 1.17. The van der Waals surface area contributed by atoms with Crippen LogP contribution < -0.4 is 5.30 Å². The first-order chi connectivity index (χ1) is 5.97. The number of hydrogen-bond donors (Lipinski definition) is 0. The third kappa shape index (κ3) is 4.11. The molecule has 0 aliphatic heterocycles. The Morgan fingerprint density at radius 3 is 2.46 bits per heavy atom. The minimum absolute atomic E-state index is 0.0802. The Morgan fingerprint density at radius 1 is 1.23 bits per heavy atom. The summed E-state index contributed by atoms with van der Waals surface area (Å²) in [5.41, 5.74) is 1.17. The minimum Gasteiger partial charge on any atom is -0.106 e. The lowest BCUT2D eigenvalue weighted by molar-refractivity contribution is 0.571. The molecule has 68 valence electrons. The SMILES string of the molecule is CC(C)(C)C#Cc1cccc(P)c1. The van der Waals surface area contributed by atoms with Crippen molar-refractivity contribution in [2.75, 3.05) is 0 Å². The van der Waals surface area contributed by atoms with Crippen molar-refractivity contribution in [2.24, 2.45) is 5.41 Å². The van der Waals surface area contributed by atoms with Gasteiger partial charge in [-0.15, -0.1) is 9.24 Å². The van der Waals surface area contributed by atoms with Crippen molar-refractivity contribution in [1.82, 2.24) is 0 Å². The molecule has 1 heteroatoms. The summed E-state index contributed by atoms with van der Waals surface area (Å²) in [6.45, 7) is 6.35. The molecule has 13 heavy (non-hydrogen) atoms. The zero-order chi connectivity index (χ0) is 9.90. The van der Waals surface area contributed by atoms with Crippen LogP contribution in [0.4, 0.5) is 0 Å². The van der Waals surface area contributed by atoms with Crippen LogP contribution in [-0.2, 0) is 0 Å². The first-order valence-electron chi connectivity index (χ1n) is 4.36. The van der Waals surface area contributed by atoms with Gasteiger partial charge in [0, 0.05) is 11.0 Å². The average Bonchev–Trinajstić information content (AvgIpc) is 2.00. The molecule has 0 N–H and O–H groups in total. The summed E-state index contributed by atoms with van der Waals surface area (Å²) in [4.78, 5) is 0. The zero-order valence-electron chi connectivity index (χ0n) is 8.39. The van der Waals surface area contributed by atoms with Gasteiger partial charge in [0.25, 0.3) is 0 Å². The second-order valence-corrected chi connectivity index (χ2v) is 4.79. The van der Waals surface area contributed by atoms with Gasteiger partial charge in [0.2, 0.25) is 0 Å². The molecule has 1 aromatic rings. The molecule has 0 aliphatic carbocycles. The van der Waals surface area contributed by atoms with E-state index in [1.807, 2.05) is 18.2 Å². The van der Waals surface area contributed by atoms with Gasteiger partial charge in [-0.2, -0.15) is 0 Å². The van der Waals surface area contributed by atoms with Crippen LogP contribution in [0.15, 0.2) is 24.3 Å². The molecule has 0 fully saturated rings. The van der Waals surface area contributed by atoms with Gasteiger partial charge in [-0.05, 0) is 38.2 Å². The summed E-state index contributed by atoms with van der Waals surface area (Å²) in [6.07, 6.45) is 0. The van der Waals surface area contributed by atoms with Gasteiger partial charge < -0.3 is 0 Å². The Labute approximate surface area is 83.0 Å². The minimum atomic E-state index is 0.0802. The van der Waals surface area contributed by atoms with E-state index in [0.29, 0.717) is 0 Å². The van der Waals surface area contributed by atoms with E-state index in [9.17, 15) is 0 Å². The lowest BCUT2D eigenvalue weighted by Crippen LogP contribution is -1.99. The van der Waals surface area contributed by atoms with Crippen LogP contribution in [0.3, 0.4) is 0 Å². The standard InChI is InChI=1S/C12H15P/c1-12(2,3)8-7-10-5-4-6-11(13)9-10/h4-6,9H,13H2,1-3H3. The molecule has 0 bridgehead atoms. The van der Waals surface area contributed by atoms with Gasteiger partial charge >= 0.3 is 0 Å². The highest BCUT2D eigenvalue weighted by Gasteiger charge is 2.02. The van der Waals surface area contributed by atoms with Crippen LogP contribution in [0, 0.1) is 17.3 Å². The Kier molecular flexibility index (Phi) is 3.12. The van der Waals surface area contributed by atoms with Crippen molar-refractivity contribution in [3.8, 4) is 11.8 Å². The molecule has 1 rings (SSSR count). The number of benzene rings is 1. The maximum atomic E-state index is 3.21. The predicted octanol–water partition coefficient (Wildman–Crippen LogP) is 2.58. The summed E-state index contributed by atoms with van der Waals surface area (Å²) in [6, 6.07) is 8.18. The van der Waals surface area contributed by atoms with Crippen molar-refractivity contribution < 1.29 is 0 Å². The highest BCUT2D eigenvalue weighted by Crippen LogP contribution is 2.10. The van der Waals surface area contributed by atoms with Crippen molar-refractivity contribution in [3.63, 3.8) is 0 Å². The quantitative estimate of drug-likeness (QED) is 0.435. The van der Waals surface area contributed by atoms with E-state index in [4.69, 9.17) is 0 Å². The Morgan fingerprint density at radius 2 is 1.92 bits per heavy atom. The maximum absolute atomic E-state index is 3.21. The van der Waals surface area contributed by atoms with E-state index in [0.717, 1.165) is 5.56 Å². The maximum Gasteiger partial charge on any atom is 0.0251 e. The predicted molar refractivity (Wildman–Crippen MR) is 62.1 cm³/mol. The zero-order valence-corrected chi connectivity index (χ0v) is 9.54. The summed E-state index contributed by atoms with van der Waals surface area (Å²) >= 11 is 0. The van der Waals surface area contributed by atoms with Crippen molar-refractivity contribution in [3.05, 3.63) is 29.8 Å². The molecule has 0 amide bonds. The molecule has 1 atom stereocenters. The first-order valence-corrected chi connectivity index (χ1v) is 4.94. The Bertz CT molecular complexity index is 347. The largest absolute Gasteiger partial charge is 0.106 e. The van der Waals surface area contributed by atoms with Gasteiger partial charge in [0.05, 0.1) is 0 Å². The Balaban J connectivity index is 2.90. The molecule has 0 heterocycles. The van der Waals surface area contributed by atoms with E-state index in [1.54, 1.807) is 0 Å². The van der Waals surface area contributed by atoms with Crippen LogP contribution in [0.25, 0.3) is 0 Å². The second-order valence-electron chi connectivity index (χ2n) is 4.13. The van der Waals surface area contributed by atoms with Gasteiger partial charge in [-0.25, -0.2) is 0 Å². The fourth-order valence-electron chi connectivity index (χ4n) is 0.876. The van der Waals surface area contributed by atoms with Gasteiger partial charge in [-0.3, -0.25) is 0 Å². The molecular weight excluding hydrogens is 175 g/mol. The van der Waals surface area contributed by atoms with Gasteiger partial charge in [0.1, 0.15) is 0 Å². The summed E-state index contributed by atoms with van der Waals surface area (Å²) < 4.78 is 0. The monoisotopic (exact) mass is 190 g/mol. The first kappa shape index (κ1) is 10.3. The van der Waals surface area contributed by atoms with E-state index in [2.05, 4.69) is 47.9 Å². The van der Waals surface area contributed by atoms with E-state index in [-0.39, 0.29) is 5.41 Å². The molecule has 0 nitrogen and oxygen atoms in total. The average molecular weight is 190 g/mol. The lowest BCUT2D eigenvalue weighted by atomic mass is 9.97. The van der Waals surface area contributed by atoms with Crippen LogP contribution in [0.1, 0.15) is 26.3 Å². The molecule has 0 aromatic heterocycles. The van der Waals surface area contributed by atoms with Crippen molar-refractivity contribution in [1.29, 1.82) is 0 Å². The third-order valence-corrected chi connectivity index (χ3v) is 1.83. The second kappa shape index (κ2) is 3.95. The third-order valence-electron chi connectivity index (χ3n) is 1.47. The van der Waals surface area contributed by atoms with E-state index >= 15 is 0 Å². The summed E-state index contributed by atoms with van der Waals surface area (Å²) in [5.74, 6) is 6.37. The van der Waals surface area contributed by atoms with E-state index < -0.39 is 0 Å². The molecule has 0 saturated heterocycles. The summed E-state index contributed by atoms with van der Waals surface area (Å²) in [5, 5.41) is 1.18. The van der Waals surface area contributed by atoms with Crippen LogP contribution in [0.5, 0.6) is 0 Å². The van der Waals surface area contributed by atoms with Gasteiger partial charge in [-0.1, -0.05) is 24.0 Å². The van der Waals surface area contributed by atoms with Crippen LogP contribution in [-0.4, -0.2) is 0 Å². The highest BCUT2D eigenvalue weighted by atomic mass is 31.0. The molecule has 0 radical (unpaired) electrons. The molecule has 0 spiro atoms. The summed E-state index contributed by atoms with van der Waals surface area (Å²) in [7, 11) is 2.68. The smallest absolute Gasteiger partial charge is 0.0251 e. The number of hydrogen-bond acceptors (Lipinski definition) is 0. The number of rotatable bonds is 0. The molecule has 0 aliphatic rings. The van der Waals surface area contributed by atoms with Crippen LogP contribution in [0.2, 0.25) is 0 Å². The fraction of sp³-hybridized carbons (Fsp3) is 0.333.